The number of nitrogens with two attached hydrogens (primary N) is 2. The first-order chi connectivity index (χ1) is 17.0. The lowest BCUT2D eigenvalue weighted by Gasteiger charge is -2.38. The maximum atomic E-state index is 11.7. The highest BCUT2D eigenvalue weighted by Gasteiger charge is 2.34. The van der Waals surface area contributed by atoms with Crippen LogP contribution in [-0.2, 0) is 5.54 Å². The van der Waals surface area contributed by atoms with Gasteiger partial charge in [0, 0.05) is 34.6 Å². The Labute approximate surface area is 201 Å². The van der Waals surface area contributed by atoms with Gasteiger partial charge in [0.15, 0.2) is 11.4 Å². The minimum Gasteiger partial charge on any atom is -0.406 e. The largest absolute Gasteiger partial charge is 0.410 e. The first kappa shape index (κ1) is 21.1. The number of aromatic amines is 1. The van der Waals surface area contributed by atoms with E-state index in [0.29, 0.717) is 5.65 Å². The summed E-state index contributed by atoms with van der Waals surface area (Å²) in [5.74, 6) is 0.264. The van der Waals surface area contributed by atoms with E-state index in [9.17, 15) is 4.79 Å². The second kappa shape index (κ2) is 8.11. The van der Waals surface area contributed by atoms with Gasteiger partial charge in [0.05, 0.1) is 17.1 Å². The van der Waals surface area contributed by atoms with Gasteiger partial charge in [-0.3, -0.25) is 9.50 Å². The summed E-state index contributed by atoms with van der Waals surface area (Å²) in [6.07, 6.45) is 5.87. The van der Waals surface area contributed by atoms with Crippen LogP contribution in [0.2, 0.25) is 0 Å². The molecule has 3 aromatic heterocycles. The fourth-order valence-corrected chi connectivity index (χ4v) is 4.74. The number of amides is 1. The summed E-state index contributed by atoms with van der Waals surface area (Å²) in [4.78, 5) is 16.7. The number of pyridine rings is 1. The molecule has 0 radical (unpaired) electrons. The first-order valence-corrected chi connectivity index (χ1v) is 11.5. The monoisotopic (exact) mass is 464 g/mol. The van der Waals surface area contributed by atoms with Crippen LogP contribution in [0.25, 0.3) is 39.4 Å². The van der Waals surface area contributed by atoms with Crippen LogP contribution < -0.4 is 16.2 Å². The molecule has 35 heavy (non-hydrogen) atoms. The van der Waals surface area contributed by atoms with Gasteiger partial charge in [0.1, 0.15) is 0 Å². The zero-order valence-electron chi connectivity index (χ0n) is 18.9. The molecule has 0 unspecified atom stereocenters. The summed E-state index contributed by atoms with van der Waals surface area (Å²) in [5, 5.41) is 7.01. The highest BCUT2D eigenvalue weighted by molar-refractivity contribution is 5.85. The first-order valence-electron chi connectivity index (χ1n) is 11.5. The molecule has 0 spiro atoms. The average Bonchev–Trinajstić information content (AvgIpc) is 3.51. The zero-order chi connectivity index (χ0) is 24.0. The molecule has 1 saturated carbocycles. The van der Waals surface area contributed by atoms with Gasteiger partial charge in [-0.2, -0.15) is 5.10 Å². The van der Waals surface area contributed by atoms with Gasteiger partial charge < -0.3 is 16.2 Å². The lowest BCUT2D eigenvalue weighted by molar-refractivity contribution is 0.211. The molecule has 174 valence electrons. The molecule has 0 bridgehead atoms. The van der Waals surface area contributed by atoms with E-state index in [-0.39, 0.29) is 11.3 Å². The number of nitrogens with one attached hydrogen (secondary N) is 1. The highest BCUT2D eigenvalue weighted by atomic mass is 16.5. The molecule has 6 rings (SSSR count). The van der Waals surface area contributed by atoms with Gasteiger partial charge >= 0.3 is 6.09 Å². The van der Waals surface area contributed by atoms with Crippen LogP contribution in [0.5, 0.6) is 5.75 Å². The van der Waals surface area contributed by atoms with Crippen molar-refractivity contribution in [3.8, 4) is 39.5 Å². The number of rotatable bonds is 5. The quantitative estimate of drug-likeness (QED) is 0.343. The highest BCUT2D eigenvalue weighted by Crippen LogP contribution is 2.41. The fourth-order valence-electron chi connectivity index (χ4n) is 4.74. The van der Waals surface area contributed by atoms with Crippen molar-refractivity contribution in [3.63, 3.8) is 0 Å². The summed E-state index contributed by atoms with van der Waals surface area (Å²) in [6, 6.07) is 21.9. The predicted octanol–water partition coefficient (Wildman–Crippen LogP) is 4.85. The normalized spacial score (nSPS) is 14.5. The average molecular weight is 465 g/mol. The molecule has 0 aliphatic heterocycles. The second-order valence-electron chi connectivity index (χ2n) is 8.94. The summed E-state index contributed by atoms with van der Waals surface area (Å²) in [5.41, 5.74) is 18.4. The Hall–Kier alpha value is -4.43. The van der Waals surface area contributed by atoms with Crippen LogP contribution in [0.3, 0.4) is 0 Å². The van der Waals surface area contributed by atoms with Gasteiger partial charge in [0.25, 0.3) is 0 Å². The molecule has 0 atom stereocenters. The standard InChI is InChI=1S/C27H24N6O2/c28-26(34)35-22-15-19(21-11-14-30-32-21)16-33-24(18-5-2-1-3-6-18)23(31-25(22)33)17-7-9-20(10-8-17)27(29)12-4-13-27/h1-3,5-11,14-16H,4,12-13,29H2,(H2,28,34)(H,30,32). The Morgan fingerprint density at radius 3 is 2.40 bits per heavy atom. The summed E-state index contributed by atoms with van der Waals surface area (Å²) in [6.45, 7) is 0. The molecule has 1 aliphatic rings. The lowest BCUT2D eigenvalue weighted by atomic mass is 9.72. The Kier molecular flexibility index (Phi) is 4.89. The molecule has 8 nitrogen and oxygen atoms in total. The Balaban J connectivity index is 1.60. The van der Waals surface area contributed by atoms with Gasteiger partial charge in [-0.1, -0.05) is 54.6 Å². The SMILES string of the molecule is NC(=O)Oc1cc(-c2ccn[nH]2)cn2c(-c3ccccc3)c(-c3ccc(C4(N)CCC4)cc3)nc12. The number of benzene rings is 2. The second-order valence-corrected chi connectivity index (χ2v) is 8.94. The van der Waals surface area contributed by atoms with Crippen LogP contribution in [0.1, 0.15) is 24.8 Å². The minimum atomic E-state index is -0.905. The number of hydrogen-bond donors (Lipinski definition) is 3. The number of nitrogens with zero attached hydrogens (tertiary/aromatic N) is 3. The third-order valence-corrected chi connectivity index (χ3v) is 6.73. The number of imidazole rings is 1. The molecular formula is C27H24N6O2. The van der Waals surface area contributed by atoms with E-state index in [1.54, 1.807) is 12.3 Å². The van der Waals surface area contributed by atoms with Crippen molar-refractivity contribution in [2.24, 2.45) is 11.5 Å². The smallest absolute Gasteiger partial charge is 0.406 e. The Morgan fingerprint density at radius 2 is 1.77 bits per heavy atom. The molecule has 5 aromatic rings. The van der Waals surface area contributed by atoms with Crippen molar-refractivity contribution in [1.82, 2.24) is 19.6 Å². The van der Waals surface area contributed by atoms with Crippen LogP contribution in [0.15, 0.2) is 79.1 Å². The van der Waals surface area contributed by atoms with Gasteiger partial charge in [-0.05, 0) is 37.0 Å². The van der Waals surface area contributed by atoms with Gasteiger partial charge in [-0.25, -0.2) is 9.78 Å². The van der Waals surface area contributed by atoms with Gasteiger partial charge in [0.2, 0.25) is 0 Å². The van der Waals surface area contributed by atoms with E-state index in [1.807, 2.05) is 47.0 Å². The van der Waals surface area contributed by atoms with E-state index >= 15 is 0 Å². The molecule has 1 aliphatic carbocycles. The molecule has 1 fully saturated rings. The van der Waals surface area contributed by atoms with Crippen molar-refractivity contribution >= 4 is 11.7 Å². The third kappa shape index (κ3) is 3.64. The molecule has 8 heteroatoms. The minimum absolute atomic E-state index is 0.235. The maximum absolute atomic E-state index is 11.7. The van der Waals surface area contributed by atoms with E-state index in [2.05, 4.69) is 34.5 Å². The van der Waals surface area contributed by atoms with Crippen molar-refractivity contribution in [1.29, 1.82) is 0 Å². The number of hydrogen-bond acceptors (Lipinski definition) is 5. The van der Waals surface area contributed by atoms with Crippen LogP contribution >= 0.6 is 0 Å². The van der Waals surface area contributed by atoms with E-state index < -0.39 is 6.09 Å². The summed E-state index contributed by atoms with van der Waals surface area (Å²) >= 11 is 0. The molecule has 2 aromatic carbocycles. The Morgan fingerprint density at radius 1 is 1.00 bits per heavy atom. The Bertz CT molecular complexity index is 1520. The number of aromatic nitrogens is 4. The fraction of sp³-hybridized carbons (Fsp3) is 0.148. The predicted molar refractivity (Wildman–Crippen MR) is 134 cm³/mol. The zero-order valence-corrected chi connectivity index (χ0v) is 18.9. The van der Waals surface area contributed by atoms with Crippen molar-refractivity contribution in [2.75, 3.05) is 0 Å². The molecule has 1 amide bonds. The number of H-pyrrole nitrogens is 1. The number of ether oxygens (including phenoxy) is 1. The number of carbonyl (C=O) groups excluding carboxylic acids is 1. The van der Waals surface area contributed by atoms with E-state index in [1.165, 1.54) is 0 Å². The number of carbonyl (C=O) groups is 1. The maximum Gasteiger partial charge on any atom is 0.410 e. The van der Waals surface area contributed by atoms with Crippen LogP contribution in [-0.4, -0.2) is 25.7 Å². The van der Waals surface area contributed by atoms with Crippen molar-refractivity contribution in [3.05, 3.63) is 84.7 Å². The third-order valence-electron chi connectivity index (χ3n) is 6.73. The lowest BCUT2D eigenvalue weighted by Crippen LogP contribution is -2.43. The number of primary amides is 1. The van der Waals surface area contributed by atoms with Crippen LogP contribution in [0.4, 0.5) is 4.79 Å². The van der Waals surface area contributed by atoms with Crippen molar-refractivity contribution < 1.29 is 9.53 Å². The molecule has 5 N–H and O–H groups in total. The molecule has 0 saturated heterocycles. The molecule has 3 heterocycles. The summed E-state index contributed by atoms with van der Waals surface area (Å²) < 4.78 is 7.33. The molecular weight excluding hydrogens is 440 g/mol. The van der Waals surface area contributed by atoms with E-state index in [4.69, 9.17) is 21.2 Å². The van der Waals surface area contributed by atoms with Crippen LogP contribution in [0, 0.1) is 0 Å². The summed E-state index contributed by atoms with van der Waals surface area (Å²) in [7, 11) is 0. The van der Waals surface area contributed by atoms with E-state index in [0.717, 1.165) is 58.6 Å². The number of fused-ring (bicyclic) bond motifs is 1. The van der Waals surface area contributed by atoms with Crippen molar-refractivity contribution in [2.45, 2.75) is 24.8 Å². The topological polar surface area (TPSA) is 124 Å². The van der Waals surface area contributed by atoms with Gasteiger partial charge in [-0.15, -0.1) is 0 Å².